The number of hydrogen-bond donors (Lipinski definition) is 2. The van der Waals surface area contributed by atoms with Crippen molar-refractivity contribution < 1.29 is 4.79 Å². The molecule has 0 radical (unpaired) electrons. The highest BCUT2D eigenvalue weighted by Crippen LogP contribution is 2.20. The third-order valence-corrected chi connectivity index (χ3v) is 3.24. The summed E-state index contributed by atoms with van der Waals surface area (Å²) in [6.07, 6.45) is 0. The molecule has 5 heteroatoms. The van der Waals surface area contributed by atoms with Crippen LogP contribution in [0.5, 0.6) is 0 Å². The van der Waals surface area contributed by atoms with Crippen LogP contribution in [0.3, 0.4) is 0 Å². The van der Waals surface area contributed by atoms with Gasteiger partial charge in [-0.05, 0) is 23.8 Å². The number of nitrogens with two attached hydrogens (primary N) is 1. The van der Waals surface area contributed by atoms with Gasteiger partial charge in [-0.1, -0.05) is 60.2 Å². The molecular formula is C15H13ClN2OS. The van der Waals surface area contributed by atoms with Gasteiger partial charge in [0.2, 0.25) is 5.91 Å². The molecule has 0 aromatic heterocycles. The smallest absolute Gasteiger partial charge is 0.238 e. The van der Waals surface area contributed by atoms with Crippen molar-refractivity contribution in [3.8, 4) is 0 Å². The maximum absolute atomic E-state index is 12.3. The van der Waals surface area contributed by atoms with Crippen LogP contribution < -0.4 is 11.1 Å². The number of anilines is 1. The van der Waals surface area contributed by atoms with Gasteiger partial charge in [-0.2, -0.15) is 0 Å². The average molecular weight is 305 g/mol. The number of amides is 1. The average Bonchev–Trinajstić information content (AvgIpc) is 2.39. The molecule has 2 rings (SSSR count). The summed E-state index contributed by atoms with van der Waals surface area (Å²) in [5, 5.41) is 3.32. The largest absolute Gasteiger partial charge is 0.392 e. The quantitative estimate of drug-likeness (QED) is 0.852. The molecule has 20 heavy (non-hydrogen) atoms. The number of nitrogens with one attached hydrogen (secondary N) is 1. The van der Waals surface area contributed by atoms with Crippen LogP contribution in [0.4, 0.5) is 5.69 Å². The minimum Gasteiger partial charge on any atom is -0.392 e. The van der Waals surface area contributed by atoms with Crippen molar-refractivity contribution in [3.05, 3.63) is 65.2 Å². The lowest BCUT2D eigenvalue weighted by atomic mass is 9.98. The molecular weight excluding hydrogens is 292 g/mol. The number of carbonyl (C=O) groups excluding carboxylic acids is 1. The highest BCUT2D eigenvalue weighted by atomic mass is 35.5. The van der Waals surface area contributed by atoms with Crippen LogP contribution in [0, 0.1) is 0 Å². The number of halogens is 1. The lowest BCUT2D eigenvalue weighted by Crippen LogP contribution is -2.31. The Labute approximate surface area is 127 Å². The van der Waals surface area contributed by atoms with Gasteiger partial charge in [0.15, 0.2) is 0 Å². The van der Waals surface area contributed by atoms with E-state index in [0.717, 1.165) is 5.56 Å². The molecule has 0 bridgehead atoms. The Morgan fingerprint density at radius 1 is 1.15 bits per heavy atom. The molecule has 0 saturated carbocycles. The van der Waals surface area contributed by atoms with Crippen LogP contribution >= 0.6 is 23.8 Å². The Morgan fingerprint density at radius 2 is 1.85 bits per heavy atom. The van der Waals surface area contributed by atoms with Crippen molar-refractivity contribution in [3.63, 3.8) is 0 Å². The highest BCUT2D eigenvalue weighted by Gasteiger charge is 2.23. The molecule has 1 amide bonds. The first-order valence-electron chi connectivity index (χ1n) is 5.98. The maximum atomic E-state index is 12.3. The van der Waals surface area contributed by atoms with Crippen LogP contribution in [-0.2, 0) is 4.79 Å². The topological polar surface area (TPSA) is 55.1 Å². The van der Waals surface area contributed by atoms with E-state index in [-0.39, 0.29) is 10.9 Å². The molecule has 0 saturated heterocycles. The fourth-order valence-electron chi connectivity index (χ4n) is 1.87. The van der Waals surface area contributed by atoms with Gasteiger partial charge in [-0.3, -0.25) is 4.79 Å². The van der Waals surface area contributed by atoms with E-state index in [1.807, 2.05) is 30.3 Å². The Kier molecular flexibility index (Phi) is 4.71. The van der Waals surface area contributed by atoms with Crippen molar-refractivity contribution in [2.75, 3.05) is 5.32 Å². The van der Waals surface area contributed by atoms with Crippen LogP contribution in [0.2, 0.25) is 5.02 Å². The Hall–Kier alpha value is -1.91. The summed E-state index contributed by atoms with van der Waals surface area (Å²) in [6.45, 7) is 0. The van der Waals surface area contributed by atoms with Gasteiger partial charge in [-0.25, -0.2) is 0 Å². The Balaban J connectivity index is 2.23. The van der Waals surface area contributed by atoms with Gasteiger partial charge in [0.25, 0.3) is 0 Å². The molecule has 102 valence electrons. The van der Waals surface area contributed by atoms with Gasteiger partial charge in [0.1, 0.15) is 5.92 Å². The van der Waals surface area contributed by atoms with Crippen LogP contribution in [0.25, 0.3) is 0 Å². The summed E-state index contributed by atoms with van der Waals surface area (Å²) in [7, 11) is 0. The zero-order chi connectivity index (χ0) is 14.5. The fourth-order valence-corrected chi connectivity index (χ4v) is 2.30. The van der Waals surface area contributed by atoms with Gasteiger partial charge < -0.3 is 11.1 Å². The number of rotatable bonds is 4. The molecule has 0 aliphatic rings. The first-order chi connectivity index (χ1) is 9.58. The number of thiocarbonyl (C=S) groups is 1. The molecule has 0 aliphatic carbocycles. The van der Waals surface area contributed by atoms with E-state index < -0.39 is 5.92 Å². The van der Waals surface area contributed by atoms with E-state index in [0.29, 0.717) is 10.7 Å². The van der Waals surface area contributed by atoms with Crippen molar-refractivity contribution in [2.24, 2.45) is 5.73 Å². The first kappa shape index (κ1) is 14.5. The Bertz CT molecular complexity index is 631. The number of carbonyl (C=O) groups is 1. The molecule has 0 heterocycles. The summed E-state index contributed by atoms with van der Waals surface area (Å²) < 4.78 is 0. The van der Waals surface area contributed by atoms with E-state index in [4.69, 9.17) is 29.6 Å². The molecule has 2 aromatic carbocycles. The normalized spacial score (nSPS) is 11.7. The maximum Gasteiger partial charge on any atom is 0.238 e. The van der Waals surface area contributed by atoms with Gasteiger partial charge in [0, 0.05) is 10.7 Å². The van der Waals surface area contributed by atoms with Crippen molar-refractivity contribution >= 4 is 40.4 Å². The number of benzene rings is 2. The summed E-state index contributed by atoms with van der Waals surface area (Å²) in [4.78, 5) is 12.5. The lowest BCUT2D eigenvalue weighted by Gasteiger charge is -2.16. The summed E-state index contributed by atoms with van der Waals surface area (Å²) in [5.41, 5.74) is 7.07. The second-order valence-electron chi connectivity index (χ2n) is 4.25. The van der Waals surface area contributed by atoms with E-state index in [9.17, 15) is 4.79 Å². The molecule has 1 atom stereocenters. The lowest BCUT2D eigenvalue weighted by molar-refractivity contribution is -0.116. The van der Waals surface area contributed by atoms with E-state index >= 15 is 0 Å². The van der Waals surface area contributed by atoms with Gasteiger partial charge >= 0.3 is 0 Å². The minimum atomic E-state index is -0.662. The van der Waals surface area contributed by atoms with Crippen LogP contribution in [0.1, 0.15) is 11.5 Å². The van der Waals surface area contributed by atoms with E-state index in [1.54, 1.807) is 24.3 Å². The second kappa shape index (κ2) is 6.50. The van der Waals surface area contributed by atoms with Gasteiger partial charge in [-0.15, -0.1) is 0 Å². The molecule has 3 N–H and O–H groups in total. The standard InChI is InChI=1S/C15H13ClN2OS/c16-11-7-4-8-12(9-11)18-15(19)13(14(17)20)10-5-2-1-3-6-10/h1-9,13H,(H2,17,20)(H,18,19). The molecule has 0 fully saturated rings. The Morgan fingerprint density at radius 3 is 2.45 bits per heavy atom. The zero-order valence-electron chi connectivity index (χ0n) is 10.5. The fraction of sp³-hybridized carbons (Fsp3) is 0.0667. The van der Waals surface area contributed by atoms with Gasteiger partial charge in [0.05, 0.1) is 4.99 Å². The van der Waals surface area contributed by atoms with Crippen molar-refractivity contribution in [2.45, 2.75) is 5.92 Å². The summed E-state index contributed by atoms with van der Waals surface area (Å²) >= 11 is 10.9. The molecule has 2 aromatic rings. The summed E-state index contributed by atoms with van der Waals surface area (Å²) in [6, 6.07) is 16.1. The SMILES string of the molecule is NC(=S)C(C(=O)Nc1cccc(Cl)c1)c1ccccc1. The monoisotopic (exact) mass is 304 g/mol. The third-order valence-electron chi connectivity index (χ3n) is 2.77. The molecule has 3 nitrogen and oxygen atoms in total. The molecule has 0 spiro atoms. The van der Waals surface area contributed by atoms with E-state index in [1.165, 1.54) is 0 Å². The second-order valence-corrected chi connectivity index (χ2v) is 5.15. The molecule has 0 aliphatic heterocycles. The molecule has 1 unspecified atom stereocenters. The summed E-state index contributed by atoms with van der Waals surface area (Å²) in [5.74, 6) is -0.934. The first-order valence-corrected chi connectivity index (χ1v) is 6.77. The predicted molar refractivity (Wildman–Crippen MR) is 86.1 cm³/mol. The van der Waals surface area contributed by atoms with Crippen LogP contribution in [-0.4, -0.2) is 10.9 Å². The number of hydrogen-bond acceptors (Lipinski definition) is 2. The minimum absolute atomic E-state index is 0.135. The third kappa shape index (κ3) is 3.56. The van der Waals surface area contributed by atoms with E-state index in [2.05, 4.69) is 5.32 Å². The van der Waals surface area contributed by atoms with Crippen molar-refractivity contribution in [1.82, 2.24) is 0 Å². The predicted octanol–water partition coefficient (Wildman–Crippen LogP) is 3.35. The zero-order valence-corrected chi connectivity index (χ0v) is 12.1. The van der Waals surface area contributed by atoms with Crippen molar-refractivity contribution in [1.29, 1.82) is 0 Å². The van der Waals surface area contributed by atoms with Crippen LogP contribution in [0.15, 0.2) is 54.6 Å². The highest BCUT2D eigenvalue weighted by molar-refractivity contribution is 7.80.